The molecule has 4 heterocycles. The van der Waals surface area contributed by atoms with Crippen LogP contribution in [0.1, 0.15) is 37.0 Å². The maximum absolute atomic E-state index is 13.2. The zero-order chi connectivity index (χ0) is 24.8. The number of nitrogens with one attached hydrogen (secondary N) is 1. The number of aromatic nitrogens is 6. The van der Waals surface area contributed by atoms with E-state index < -0.39 is 14.6 Å². The van der Waals surface area contributed by atoms with Crippen LogP contribution in [0.4, 0.5) is 0 Å². The van der Waals surface area contributed by atoms with Crippen molar-refractivity contribution in [2.24, 2.45) is 14.1 Å². The normalized spacial score (nSPS) is 12.3. The number of methoxy groups -OCH3 is 1. The molecule has 0 atom stereocenters. The summed E-state index contributed by atoms with van der Waals surface area (Å²) in [6, 6.07) is 5.04. The molecular weight excluding hydrogens is 458 g/mol. The summed E-state index contributed by atoms with van der Waals surface area (Å²) in [5, 5.41) is 11.4. The molecule has 0 radical (unpaired) electrons. The lowest BCUT2D eigenvalue weighted by atomic mass is 10.2. The Morgan fingerprint density at radius 2 is 1.91 bits per heavy atom. The van der Waals surface area contributed by atoms with Gasteiger partial charge in [0.25, 0.3) is 5.91 Å². The predicted octanol–water partition coefficient (Wildman–Crippen LogP) is 1.98. The molecule has 11 nitrogen and oxygen atoms in total. The minimum Gasteiger partial charge on any atom is -0.495 e. The van der Waals surface area contributed by atoms with Gasteiger partial charge in [-0.15, -0.1) is 0 Å². The van der Waals surface area contributed by atoms with Crippen LogP contribution in [0.5, 0.6) is 5.75 Å². The molecule has 0 fully saturated rings. The molecule has 0 aliphatic rings. The Balaban J connectivity index is 1.73. The first-order valence-corrected chi connectivity index (χ1v) is 12.0. The third kappa shape index (κ3) is 3.94. The van der Waals surface area contributed by atoms with E-state index in [0.717, 1.165) is 5.69 Å². The SMILES string of the molecule is COc1cc2ncc(-c3cc(C(=O)NCc4ccnn4C)n(C)n3)n2cc1S(=O)(=O)C(C)(C)C. The second-order valence-corrected chi connectivity index (χ2v) is 11.5. The molecule has 0 aliphatic carbocycles. The van der Waals surface area contributed by atoms with E-state index in [1.165, 1.54) is 18.0 Å². The first-order chi connectivity index (χ1) is 15.9. The number of hydrogen-bond donors (Lipinski definition) is 1. The maximum Gasteiger partial charge on any atom is 0.269 e. The molecule has 1 N–H and O–H groups in total. The second-order valence-electron chi connectivity index (χ2n) is 8.86. The molecule has 0 saturated carbocycles. The highest BCUT2D eigenvalue weighted by Gasteiger charge is 2.34. The van der Waals surface area contributed by atoms with Crippen molar-refractivity contribution < 1.29 is 17.9 Å². The van der Waals surface area contributed by atoms with Gasteiger partial charge >= 0.3 is 0 Å². The molecule has 0 saturated heterocycles. The quantitative estimate of drug-likeness (QED) is 0.443. The van der Waals surface area contributed by atoms with Crippen molar-refractivity contribution in [3.8, 4) is 17.1 Å². The van der Waals surface area contributed by atoms with Crippen molar-refractivity contribution in [3.05, 3.63) is 48.2 Å². The van der Waals surface area contributed by atoms with E-state index in [2.05, 4.69) is 20.5 Å². The number of imidazole rings is 1. The van der Waals surface area contributed by atoms with Crippen LogP contribution in [-0.2, 0) is 30.5 Å². The Labute approximate surface area is 197 Å². The van der Waals surface area contributed by atoms with Crippen molar-refractivity contribution in [1.29, 1.82) is 0 Å². The molecule has 4 rings (SSSR count). The summed E-state index contributed by atoms with van der Waals surface area (Å²) >= 11 is 0. The van der Waals surface area contributed by atoms with Gasteiger partial charge < -0.3 is 10.1 Å². The number of nitrogens with zero attached hydrogens (tertiary/aromatic N) is 6. The number of fused-ring (bicyclic) bond motifs is 1. The number of carbonyl (C=O) groups excluding carboxylic acids is 1. The van der Waals surface area contributed by atoms with E-state index in [9.17, 15) is 13.2 Å². The zero-order valence-electron chi connectivity index (χ0n) is 19.9. The van der Waals surface area contributed by atoms with Gasteiger partial charge in [-0.05, 0) is 32.9 Å². The molecule has 180 valence electrons. The Bertz CT molecular complexity index is 1490. The average molecular weight is 486 g/mol. The second kappa shape index (κ2) is 8.28. The van der Waals surface area contributed by atoms with Gasteiger partial charge in [0.2, 0.25) is 0 Å². The van der Waals surface area contributed by atoms with E-state index in [0.29, 0.717) is 29.3 Å². The number of carbonyl (C=O) groups is 1. The molecule has 4 aromatic heterocycles. The lowest BCUT2D eigenvalue weighted by molar-refractivity contribution is 0.0940. The van der Waals surface area contributed by atoms with Crippen LogP contribution in [-0.4, -0.2) is 55.1 Å². The fraction of sp³-hybridized carbons (Fsp3) is 0.364. The summed E-state index contributed by atoms with van der Waals surface area (Å²) in [7, 11) is 1.19. The first kappa shape index (κ1) is 23.5. The molecule has 4 aromatic rings. The number of aryl methyl sites for hydroxylation is 2. The largest absolute Gasteiger partial charge is 0.495 e. The highest BCUT2D eigenvalue weighted by molar-refractivity contribution is 7.92. The number of rotatable bonds is 6. The molecule has 12 heteroatoms. The standard InChI is InChI=1S/C22H27N7O4S/c1-22(2,3)34(31,32)19-13-29-17(12-23-20(29)10-18(19)33-6)15-9-16(28(5)26-15)21(30)24-11-14-7-8-25-27(14)4/h7-10,12-13H,11H2,1-6H3,(H,24,30). The van der Waals surface area contributed by atoms with Crippen LogP contribution >= 0.6 is 0 Å². The number of pyridine rings is 1. The Morgan fingerprint density at radius 1 is 1.18 bits per heavy atom. The van der Waals surface area contributed by atoms with Gasteiger partial charge in [0.15, 0.2) is 9.84 Å². The third-order valence-corrected chi connectivity index (χ3v) is 8.12. The van der Waals surface area contributed by atoms with E-state index in [1.54, 1.807) is 68.5 Å². The Hall–Kier alpha value is -3.67. The summed E-state index contributed by atoms with van der Waals surface area (Å²) in [5.74, 6) is -0.0789. The minimum atomic E-state index is -3.71. The van der Waals surface area contributed by atoms with Crippen LogP contribution in [0.3, 0.4) is 0 Å². The first-order valence-electron chi connectivity index (χ1n) is 10.5. The van der Waals surface area contributed by atoms with Crippen molar-refractivity contribution in [3.63, 3.8) is 0 Å². The average Bonchev–Trinajstić information content (AvgIpc) is 3.47. The van der Waals surface area contributed by atoms with E-state index in [4.69, 9.17) is 4.74 Å². The van der Waals surface area contributed by atoms with Gasteiger partial charge in [-0.1, -0.05) is 0 Å². The lowest BCUT2D eigenvalue weighted by Gasteiger charge is -2.21. The summed E-state index contributed by atoms with van der Waals surface area (Å²) in [6.07, 6.45) is 4.74. The van der Waals surface area contributed by atoms with Gasteiger partial charge in [0.1, 0.15) is 27.7 Å². The minimum absolute atomic E-state index is 0.0549. The maximum atomic E-state index is 13.2. The number of sulfone groups is 1. The lowest BCUT2D eigenvalue weighted by Crippen LogP contribution is -2.28. The fourth-order valence-corrected chi connectivity index (χ4v) is 4.82. The summed E-state index contributed by atoms with van der Waals surface area (Å²) in [5.41, 5.74) is 2.73. The third-order valence-electron chi connectivity index (χ3n) is 5.62. The van der Waals surface area contributed by atoms with Crippen LogP contribution in [0.15, 0.2) is 41.7 Å². The molecule has 0 bridgehead atoms. The highest BCUT2D eigenvalue weighted by atomic mass is 32.2. The fourth-order valence-electron chi connectivity index (χ4n) is 3.51. The molecule has 0 spiro atoms. The molecular formula is C22H27N7O4S. The van der Waals surface area contributed by atoms with Crippen LogP contribution in [0, 0.1) is 0 Å². The zero-order valence-corrected chi connectivity index (χ0v) is 20.7. The highest BCUT2D eigenvalue weighted by Crippen LogP contribution is 2.34. The summed E-state index contributed by atoms with van der Waals surface area (Å²) in [4.78, 5) is 17.2. The van der Waals surface area contributed by atoms with Gasteiger partial charge in [-0.25, -0.2) is 13.4 Å². The van der Waals surface area contributed by atoms with Gasteiger partial charge in [-0.2, -0.15) is 10.2 Å². The number of hydrogen-bond acceptors (Lipinski definition) is 7. The molecule has 1 amide bonds. The predicted molar refractivity (Wildman–Crippen MR) is 125 cm³/mol. The molecule has 34 heavy (non-hydrogen) atoms. The van der Waals surface area contributed by atoms with Gasteiger partial charge in [0, 0.05) is 32.6 Å². The van der Waals surface area contributed by atoms with Crippen molar-refractivity contribution in [2.75, 3.05) is 7.11 Å². The van der Waals surface area contributed by atoms with E-state index in [-0.39, 0.29) is 16.6 Å². The van der Waals surface area contributed by atoms with Gasteiger partial charge in [0.05, 0.1) is 36.0 Å². The summed E-state index contributed by atoms with van der Waals surface area (Å²) < 4.78 is 35.5. The van der Waals surface area contributed by atoms with Crippen LogP contribution in [0.2, 0.25) is 0 Å². The topological polar surface area (TPSA) is 125 Å². The van der Waals surface area contributed by atoms with Crippen molar-refractivity contribution in [2.45, 2.75) is 37.0 Å². The van der Waals surface area contributed by atoms with Crippen molar-refractivity contribution in [1.82, 2.24) is 34.3 Å². The van der Waals surface area contributed by atoms with Crippen LogP contribution in [0.25, 0.3) is 17.0 Å². The number of ether oxygens (including phenoxy) is 1. The van der Waals surface area contributed by atoms with Crippen molar-refractivity contribution >= 4 is 21.4 Å². The number of amides is 1. The van der Waals surface area contributed by atoms with E-state index >= 15 is 0 Å². The monoisotopic (exact) mass is 485 g/mol. The molecule has 0 aliphatic heterocycles. The summed E-state index contributed by atoms with van der Waals surface area (Å²) in [6.45, 7) is 5.22. The molecule has 0 aromatic carbocycles. The Morgan fingerprint density at radius 3 is 2.53 bits per heavy atom. The Kier molecular flexibility index (Phi) is 5.72. The van der Waals surface area contributed by atoms with Gasteiger partial charge in [-0.3, -0.25) is 18.6 Å². The smallest absolute Gasteiger partial charge is 0.269 e. The van der Waals surface area contributed by atoms with Crippen LogP contribution < -0.4 is 10.1 Å². The molecule has 0 unspecified atom stereocenters. The van der Waals surface area contributed by atoms with E-state index in [1.807, 2.05) is 6.07 Å².